The van der Waals surface area contributed by atoms with Crippen LogP contribution >= 0.6 is 0 Å². The Hall–Kier alpha value is -4.38. The first-order valence-electron chi connectivity index (χ1n) is 9.76. The molecule has 1 aromatic heterocycles. The van der Waals surface area contributed by atoms with E-state index in [1.165, 1.54) is 37.4 Å². The number of benzene rings is 2. The summed E-state index contributed by atoms with van der Waals surface area (Å²) in [6.45, 7) is 3.23. The van der Waals surface area contributed by atoms with E-state index < -0.39 is 29.1 Å². The molecular weight excluding hydrogens is 452 g/mol. The molecule has 0 atom stereocenters. The number of phenolic OH excluding ortho intramolecular Hbond substituents is 1. The zero-order valence-electron chi connectivity index (χ0n) is 18.6. The molecule has 0 bridgehead atoms. The lowest BCUT2D eigenvalue weighted by Crippen LogP contribution is -2.15. The summed E-state index contributed by atoms with van der Waals surface area (Å²) in [7, 11) is 1.41. The molecule has 0 radical (unpaired) electrons. The number of aromatic hydroxyl groups is 1. The van der Waals surface area contributed by atoms with E-state index in [-0.39, 0.29) is 52.1 Å². The number of esters is 3. The Morgan fingerprint density at radius 2 is 1.56 bits per heavy atom. The minimum absolute atomic E-state index is 0.0668. The van der Waals surface area contributed by atoms with E-state index in [0.717, 1.165) is 20.8 Å². The van der Waals surface area contributed by atoms with Gasteiger partial charge in [0, 0.05) is 45.6 Å². The number of methoxy groups -OCH3 is 1. The van der Waals surface area contributed by atoms with Crippen molar-refractivity contribution in [3.05, 3.63) is 40.6 Å². The fraction of sp³-hybridized carbons (Fsp3) is 0.217. The van der Waals surface area contributed by atoms with Gasteiger partial charge in [0.05, 0.1) is 0 Å². The van der Waals surface area contributed by atoms with Crippen molar-refractivity contribution in [1.82, 2.24) is 0 Å². The predicted molar refractivity (Wildman–Crippen MR) is 116 cm³/mol. The quantitative estimate of drug-likeness (QED) is 0.307. The Morgan fingerprint density at radius 1 is 0.912 bits per heavy atom. The van der Waals surface area contributed by atoms with Gasteiger partial charge in [-0.05, 0) is 18.2 Å². The van der Waals surface area contributed by atoms with E-state index in [2.05, 4.69) is 0 Å². The van der Waals surface area contributed by atoms with Crippen molar-refractivity contribution in [2.75, 3.05) is 13.9 Å². The zero-order chi connectivity index (χ0) is 25.0. The number of phenols is 1. The van der Waals surface area contributed by atoms with Gasteiger partial charge < -0.3 is 33.2 Å². The van der Waals surface area contributed by atoms with Gasteiger partial charge in [-0.3, -0.25) is 19.2 Å². The third-order valence-electron chi connectivity index (χ3n) is 4.21. The number of rotatable bonds is 7. The highest BCUT2D eigenvalue weighted by Crippen LogP contribution is 2.39. The maximum atomic E-state index is 13.4. The van der Waals surface area contributed by atoms with Crippen molar-refractivity contribution < 1.29 is 47.6 Å². The molecule has 0 aliphatic heterocycles. The zero-order valence-corrected chi connectivity index (χ0v) is 18.6. The van der Waals surface area contributed by atoms with Crippen molar-refractivity contribution in [3.63, 3.8) is 0 Å². The Balaban J connectivity index is 2.35. The van der Waals surface area contributed by atoms with Crippen LogP contribution in [0.25, 0.3) is 22.3 Å². The molecule has 0 saturated carbocycles. The third kappa shape index (κ3) is 5.33. The first-order valence-corrected chi connectivity index (χ1v) is 9.76. The molecule has 11 nitrogen and oxygen atoms in total. The van der Waals surface area contributed by atoms with Crippen LogP contribution in [0, 0.1) is 0 Å². The van der Waals surface area contributed by atoms with Gasteiger partial charge in [-0.1, -0.05) is 0 Å². The third-order valence-corrected chi connectivity index (χ3v) is 4.21. The van der Waals surface area contributed by atoms with Gasteiger partial charge in [-0.15, -0.1) is 0 Å². The monoisotopic (exact) mass is 472 g/mol. The highest BCUT2D eigenvalue weighted by Gasteiger charge is 2.24. The number of fused-ring (bicyclic) bond motifs is 1. The molecule has 1 heterocycles. The number of carbonyl (C=O) groups excluding carboxylic acids is 3. The van der Waals surface area contributed by atoms with Gasteiger partial charge in [0.1, 0.15) is 22.5 Å². The summed E-state index contributed by atoms with van der Waals surface area (Å²) in [4.78, 5) is 48.1. The van der Waals surface area contributed by atoms with Crippen LogP contribution < -0.4 is 24.4 Å². The lowest BCUT2D eigenvalue weighted by Gasteiger charge is -2.14. The Morgan fingerprint density at radius 3 is 2.18 bits per heavy atom. The Labute approximate surface area is 192 Å². The minimum atomic E-state index is -0.819. The summed E-state index contributed by atoms with van der Waals surface area (Å²) >= 11 is 0. The smallest absolute Gasteiger partial charge is 0.308 e. The molecule has 2 aromatic carbocycles. The Kier molecular flexibility index (Phi) is 7.17. The molecule has 0 unspecified atom stereocenters. The summed E-state index contributed by atoms with van der Waals surface area (Å²) in [5, 5.41) is 9.80. The predicted octanol–water partition coefficient (Wildman–Crippen LogP) is 2.92. The fourth-order valence-electron chi connectivity index (χ4n) is 3.01. The molecule has 178 valence electrons. The van der Waals surface area contributed by atoms with Crippen LogP contribution in [0.5, 0.6) is 28.7 Å². The van der Waals surface area contributed by atoms with E-state index in [0.29, 0.717) is 0 Å². The van der Waals surface area contributed by atoms with E-state index >= 15 is 0 Å². The van der Waals surface area contributed by atoms with Crippen LogP contribution in [0.4, 0.5) is 0 Å². The number of carbonyl (C=O) groups is 3. The van der Waals surface area contributed by atoms with Crippen LogP contribution in [-0.2, 0) is 19.1 Å². The highest BCUT2D eigenvalue weighted by atomic mass is 16.7. The first-order chi connectivity index (χ1) is 16.1. The standard InChI is InChI=1S/C23H20O11/c1-11(24)31-17-7-14(5-6-16(17)27)22-23(33-13(3)26)21(28)20-18(32-12(2)25)8-15(30-10-29-4)9-19(20)34-22/h5-9,27H,10H2,1-4H3. The molecule has 3 aromatic rings. The second-order valence-corrected chi connectivity index (χ2v) is 6.90. The van der Waals surface area contributed by atoms with Crippen LogP contribution in [0.15, 0.2) is 39.5 Å². The van der Waals surface area contributed by atoms with E-state index in [1.807, 2.05) is 0 Å². The maximum Gasteiger partial charge on any atom is 0.308 e. The second kappa shape index (κ2) is 10.0. The number of ether oxygens (including phenoxy) is 5. The van der Waals surface area contributed by atoms with Gasteiger partial charge in [-0.2, -0.15) is 0 Å². The molecule has 0 spiro atoms. The molecule has 3 rings (SSSR count). The van der Waals surface area contributed by atoms with Crippen LogP contribution in [0.1, 0.15) is 20.8 Å². The first kappa shape index (κ1) is 24.3. The number of hydrogen-bond acceptors (Lipinski definition) is 11. The summed E-state index contributed by atoms with van der Waals surface area (Å²) < 4.78 is 31.4. The highest BCUT2D eigenvalue weighted by molar-refractivity contribution is 5.91. The van der Waals surface area contributed by atoms with Crippen LogP contribution in [0.3, 0.4) is 0 Å². The molecular formula is C23H20O11. The molecule has 1 N–H and O–H groups in total. The van der Waals surface area contributed by atoms with Crippen molar-refractivity contribution in [2.24, 2.45) is 0 Å². The average molecular weight is 472 g/mol. The van der Waals surface area contributed by atoms with Crippen molar-refractivity contribution in [2.45, 2.75) is 20.8 Å². The molecule has 0 aliphatic rings. The summed E-state index contributed by atoms with van der Waals surface area (Å²) in [6.07, 6.45) is 0. The van der Waals surface area contributed by atoms with E-state index in [1.54, 1.807) is 0 Å². The average Bonchev–Trinajstić information content (AvgIpc) is 2.74. The second-order valence-electron chi connectivity index (χ2n) is 6.90. The van der Waals surface area contributed by atoms with Gasteiger partial charge in [0.2, 0.25) is 11.2 Å². The largest absolute Gasteiger partial charge is 0.504 e. The lowest BCUT2D eigenvalue weighted by molar-refractivity contribution is -0.133. The summed E-state index contributed by atoms with van der Waals surface area (Å²) in [6, 6.07) is 6.44. The lowest BCUT2D eigenvalue weighted by atomic mass is 10.1. The van der Waals surface area contributed by atoms with Crippen molar-refractivity contribution >= 4 is 28.9 Å². The summed E-state index contributed by atoms with van der Waals surface area (Å²) in [5.41, 5.74) is -0.743. The Bertz CT molecular complexity index is 1340. The minimum Gasteiger partial charge on any atom is -0.504 e. The van der Waals surface area contributed by atoms with Crippen molar-refractivity contribution in [3.8, 4) is 40.1 Å². The van der Waals surface area contributed by atoms with Gasteiger partial charge >= 0.3 is 17.9 Å². The molecule has 0 saturated heterocycles. The van der Waals surface area contributed by atoms with Crippen LogP contribution in [-0.4, -0.2) is 36.9 Å². The van der Waals surface area contributed by atoms with Gasteiger partial charge in [0.15, 0.2) is 24.1 Å². The maximum absolute atomic E-state index is 13.4. The fourth-order valence-corrected chi connectivity index (χ4v) is 3.01. The SMILES string of the molecule is COCOc1cc(OC(C)=O)c2c(=O)c(OC(C)=O)c(-c3ccc(O)c(OC(C)=O)c3)oc2c1. The van der Waals surface area contributed by atoms with Crippen molar-refractivity contribution in [1.29, 1.82) is 0 Å². The molecule has 11 heteroatoms. The normalized spacial score (nSPS) is 10.6. The van der Waals surface area contributed by atoms with Gasteiger partial charge in [0.25, 0.3) is 0 Å². The van der Waals surface area contributed by atoms with E-state index in [4.69, 9.17) is 28.1 Å². The topological polar surface area (TPSA) is 148 Å². The molecule has 34 heavy (non-hydrogen) atoms. The number of hydrogen-bond donors (Lipinski definition) is 1. The summed E-state index contributed by atoms with van der Waals surface area (Å²) in [5.74, 6) is -3.52. The molecule has 0 aliphatic carbocycles. The van der Waals surface area contributed by atoms with Gasteiger partial charge in [-0.25, -0.2) is 0 Å². The van der Waals surface area contributed by atoms with Crippen LogP contribution in [0.2, 0.25) is 0 Å². The van der Waals surface area contributed by atoms with E-state index in [9.17, 15) is 24.3 Å². The molecule has 0 fully saturated rings. The molecule has 0 amide bonds.